The molecule has 7 heteroatoms. The topological polar surface area (TPSA) is 82.5 Å². The summed E-state index contributed by atoms with van der Waals surface area (Å²) in [6, 6.07) is 3.81. The summed E-state index contributed by atoms with van der Waals surface area (Å²) in [6.07, 6.45) is 1.38. The maximum atomic E-state index is 12.3. The fraction of sp³-hybridized carbons (Fsp3) is 0.579. The number of hydrogen-bond acceptors (Lipinski definition) is 4. The fourth-order valence-electron chi connectivity index (χ4n) is 3.72. The molecule has 1 aromatic heterocycles. The summed E-state index contributed by atoms with van der Waals surface area (Å²) in [6.45, 7) is 6.89. The van der Waals surface area contributed by atoms with Gasteiger partial charge in [-0.15, -0.1) is 0 Å². The molecule has 142 valence electrons. The van der Waals surface area contributed by atoms with Gasteiger partial charge in [0.25, 0.3) is 0 Å². The first-order chi connectivity index (χ1) is 12.1. The Balaban J connectivity index is 1.85. The second kappa shape index (κ2) is 6.37. The zero-order valence-electron chi connectivity index (χ0n) is 16.2. The number of imidazole rings is 1. The SMILES string of the molecule is Cn1c(=O)n(C)c2c(C3CCN(C(=O)OC(C)(C)C)CC3)cc(N)cc21. The number of nitrogens with zero attached hydrogens (tertiary/aromatic N) is 3. The Morgan fingerprint density at radius 3 is 2.35 bits per heavy atom. The maximum absolute atomic E-state index is 12.3. The van der Waals surface area contributed by atoms with E-state index in [0.717, 1.165) is 29.4 Å². The van der Waals surface area contributed by atoms with E-state index in [2.05, 4.69) is 0 Å². The number of piperidine rings is 1. The average molecular weight is 360 g/mol. The molecule has 2 heterocycles. The van der Waals surface area contributed by atoms with Crippen LogP contribution < -0.4 is 11.4 Å². The van der Waals surface area contributed by atoms with Crippen LogP contribution in [0.2, 0.25) is 0 Å². The van der Waals surface area contributed by atoms with Crippen molar-refractivity contribution in [2.75, 3.05) is 18.8 Å². The number of likely N-dealkylation sites (tertiary alicyclic amines) is 1. The van der Waals surface area contributed by atoms with Gasteiger partial charge in [-0.2, -0.15) is 0 Å². The van der Waals surface area contributed by atoms with E-state index in [0.29, 0.717) is 18.8 Å². The molecular weight excluding hydrogens is 332 g/mol. The number of carbonyl (C=O) groups is 1. The first-order valence-electron chi connectivity index (χ1n) is 9.01. The molecule has 2 N–H and O–H groups in total. The number of fused-ring (bicyclic) bond motifs is 1. The molecule has 1 amide bonds. The van der Waals surface area contributed by atoms with Crippen molar-refractivity contribution in [1.29, 1.82) is 0 Å². The molecule has 0 aliphatic carbocycles. The van der Waals surface area contributed by atoms with Crippen LogP contribution in [0.3, 0.4) is 0 Å². The Bertz CT molecular complexity index is 896. The van der Waals surface area contributed by atoms with E-state index in [9.17, 15) is 9.59 Å². The minimum Gasteiger partial charge on any atom is -0.444 e. The van der Waals surface area contributed by atoms with Gasteiger partial charge >= 0.3 is 11.8 Å². The van der Waals surface area contributed by atoms with Crippen LogP contribution in [0.4, 0.5) is 10.5 Å². The number of anilines is 1. The van der Waals surface area contributed by atoms with Gasteiger partial charge in [-0.1, -0.05) is 0 Å². The molecule has 0 atom stereocenters. The number of nitrogens with two attached hydrogens (primary N) is 1. The molecule has 1 aliphatic heterocycles. The molecule has 1 fully saturated rings. The average Bonchev–Trinajstić information content (AvgIpc) is 2.77. The number of carbonyl (C=O) groups excluding carboxylic acids is 1. The standard InChI is InChI=1S/C19H28N4O3/c1-19(2,3)26-18(25)23-8-6-12(7-9-23)14-10-13(20)11-15-16(14)22(5)17(24)21(15)4/h10-12H,6-9,20H2,1-5H3. The van der Waals surface area contributed by atoms with E-state index in [-0.39, 0.29) is 17.7 Å². The molecule has 2 aromatic rings. The smallest absolute Gasteiger partial charge is 0.410 e. The van der Waals surface area contributed by atoms with E-state index >= 15 is 0 Å². The van der Waals surface area contributed by atoms with E-state index in [1.54, 1.807) is 28.1 Å². The zero-order chi connectivity index (χ0) is 19.2. The summed E-state index contributed by atoms with van der Waals surface area (Å²) >= 11 is 0. The highest BCUT2D eigenvalue weighted by molar-refractivity contribution is 5.84. The highest BCUT2D eigenvalue weighted by Gasteiger charge is 2.29. The second-order valence-electron chi connectivity index (χ2n) is 8.12. The number of benzene rings is 1. The van der Waals surface area contributed by atoms with Crippen molar-refractivity contribution in [3.8, 4) is 0 Å². The van der Waals surface area contributed by atoms with Gasteiger partial charge < -0.3 is 15.4 Å². The molecule has 1 saturated heterocycles. The van der Waals surface area contributed by atoms with E-state index in [1.807, 2.05) is 32.9 Å². The molecule has 1 aromatic carbocycles. The first kappa shape index (κ1) is 18.4. The van der Waals surface area contributed by atoms with E-state index < -0.39 is 5.60 Å². The van der Waals surface area contributed by atoms with Gasteiger partial charge in [0.15, 0.2) is 0 Å². The lowest BCUT2D eigenvalue weighted by Crippen LogP contribution is -2.41. The molecule has 3 rings (SSSR count). The highest BCUT2D eigenvalue weighted by Crippen LogP contribution is 2.34. The van der Waals surface area contributed by atoms with E-state index in [1.165, 1.54) is 0 Å². The van der Waals surface area contributed by atoms with Crippen LogP contribution in [-0.4, -0.2) is 38.8 Å². The number of aryl methyl sites for hydroxylation is 2. The molecule has 0 saturated carbocycles. The lowest BCUT2D eigenvalue weighted by molar-refractivity contribution is 0.0205. The van der Waals surface area contributed by atoms with Crippen LogP contribution >= 0.6 is 0 Å². The molecule has 0 spiro atoms. The Morgan fingerprint density at radius 2 is 1.77 bits per heavy atom. The summed E-state index contributed by atoms with van der Waals surface area (Å²) in [5.74, 6) is 0.257. The van der Waals surface area contributed by atoms with Gasteiger partial charge in [-0.25, -0.2) is 9.59 Å². The molecule has 7 nitrogen and oxygen atoms in total. The van der Waals surface area contributed by atoms with Crippen LogP contribution in [0, 0.1) is 0 Å². The fourth-order valence-corrected chi connectivity index (χ4v) is 3.72. The minimum atomic E-state index is -0.490. The van der Waals surface area contributed by atoms with Crippen molar-refractivity contribution in [1.82, 2.24) is 14.0 Å². The number of amides is 1. The lowest BCUT2D eigenvalue weighted by atomic mass is 9.88. The van der Waals surface area contributed by atoms with Gasteiger partial charge in [0.2, 0.25) is 0 Å². The summed E-state index contributed by atoms with van der Waals surface area (Å²) < 4.78 is 8.78. The van der Waals surface area contributed by atoms with Gasteiger partial charge in [0, 0.05) is 32.9 Å². The third kappa shape index (κ3) is 3.30. The van der Waals surface area contributed by atoms with Crippen LogP contribution in [0.5, 0.6) is 0 Å². The Labute approximate surface area is 153 Å². The van der Waals surface area contributed by atoms with Crippen molar-refractivity contribution in [3.05, 3.63) is 28.2 Å². The largest absolute Gasteiger partial charge is 0.444 e. The number of nitrogen functional groups attached to an aromatic ring is 1. The number of aromatic nitrogens is 2. The monoisotopic (exact) mass is 360 g/mol. The van der Waals surface area contributed by atoms with Crippen LogP contribution in [0.1, 0.15) is 45.1 Å². The molecular formula is C19H28N4O3. The Kier molecular flexibility index (Phi) is 4.50. The summed E-state index contributed by atoms with van der Waals surface area (Å²) in [7, 11) is 3.55. The van der Waals surface area contributed by atoms with Gasteiger partial charge in [-0.05, 0) is 57.2 Å². The third-order valence-corrected chi connectivity index (χ3v) is 5.00. The predicted octanol–water partition coefficient (Wildman–Crippen LogP) is 2.57. The molecule has 0 bridgehead atoms. The Morgan fingerprint density at radius 1 is 1.15 bits per heavy atom. The quantitative estimate of drug-likeness (QED) is 0.793. The summed E-state index contributed by atoms with van der Waals surface area (Å²) in [4.78, 5) is 26.3. The second-order valence-corrected chi connectivity index (χ2v) is 8.12. The molecule has 0 radical (unpaired) electrons. The Hall–Kier alpha value is -2.44. The summed E-state index contributed by atoms with van der Waals surface area (Å²) in [5.41, 5.74) is 9.07. The van der Waals surface area contributed by atoms with Crippen molar-refractivity contribution < 1.29 is 9.53 Å². The predicted molar refractivity (Wildman–Crippen MR) is 102 cm³/mol. The lowest BCUT2D eigenvalue weighted by Gasteiger charge is -2.34. The van der Waals surface area contributed by atoms with Crippen molar-refractivity contribution in [3.63, 3.8) is 0 Å². The van der Waals surface area contributed by atoms with Crippen molar-refractivity contribution in [2.45, 2.75) is 45.1 Å². The maximum Gasteiger partial charge on any atom is 0.410 e. The normalized spacial score (nSPS) is 16.3. The highest BCUT2D eigenvalue weighted by atomic mass is 16.6. The molecule has 1 aliphatic rings. The first-order valence-corrected chi connectivity index (χ1v) is 9.01. The minimum absolute atomic E-state index is 0.0574. The molecule has 26 heavy (non-hydrogen) atoms. The zero-order valence-corrected chi connectivity index (χ0v) is 16.2. The number of hydrogen-bond donors (Lipinski definition) is 1. The number of rotatable bonds is 1. The van der Waals surface area contributed by atoms with Crippen molar-refractivity contribution in [2.24, 2.45) is 14.1 Å². The van der Waals surface area contributed by atoms with Crippen LogP contribution in [0.25, 0.3) is 11.0 Å². The summed E-state index contributed by atoms with van der Waals surface area (Å²) in [5, 5.41) is 0. The van der Waals surface area contributed by atoms with Crippen molar-refractivity contribution >= 4 is 22.8 Å². The van der Waals surface area contributed by atoms with Gasteiger partial charge in [0.05, 0.1) is 11.0 Å². The van der Waals surface area contributed by atoms with E-state index in [4.69, 9.17) is 10.5 Å². The van der Waals surface area contributed by atoms with Crippen LogP contribution in [0.15, 0.2) is 16.9 Å². The number of ether oxygens (including phenoxy) is 1. The van der Waals surface area contributed by atoms with Gasteiger partial charge in [0.1, 0.15) is 5.60 Å². The van der Waals surface area contributed by atoms with Gasteiger partial charge in [-0.3, -0.25) is 9.13 Å². The third-order valence-electron chi connectivity index (χ3n) is 5.00. The van der Waals surface area contributed by atoms with Crippen LogP contribution in [-0.2, 0) is 18.8 Å². The molecule has 0 unspecified atom stereocenters.